The van der Waals surface area contributed by atoms with E-state index in [1.54, 1.807) is 12.1 Å². The minimum atomic E-state index is -0.298. The van der Waals surface area contributed by atoms with Gasteiger partial charge in [0.05, 0.1) is 6.61 Å². The molecule has 0 saturated heterocycles. The van der Waals surface area contributed by atoms with Crippen LogP contribution in [0.1, 0.15) is 26.2 Å². The van der Waals surface area contributed by atoms with E-state index in [1.807, 2.05) is 6.92 Å². The number of nitrogens with one attached hydrogen (secondary N) is 2. The number of hydrogen-bond donors (Lipinski definition) is 2. The van der Waals surface area contributed by atoms with Gasteiger partial charge in [0.15, 0.2) is 0 Å². The van der Waals surface area contributed by atoms with Crippen LogP contribution in [0.5, 0.6) is 5.75 Å². The number of carbonyl (C=O) groups excluding carboxylic acids is 2. The Hall–Kier alpha value is -2.11. The molecular weight excluding hydrogens is 299 g/mol. The lowest BCUT2D eigenvalue weighted by Gasteiger charge is -2.08. The molecule has 2 amide bonds. The molecule has 0 aromatic heterocycles. The predicted molar refractivity (Wildman–Crippen MR) is 84.4 cm³/mol. The standard InChI is InChI=1S/C17H23FN2O3/c1-12-11-15(12)17(22)20-9-7-16(21)19-8-2-10-23-14-5-3-13(18)4-6-14/h3-6,12,15H,2,7-11H2,1H3,(H,19,21)(H,20,22)/t12-,15+/m0/s1. The summed E-state index contributed by atoms with van der Waals surface area (Å²) < 4.78 is 18.1. The normalized spacial score (nSPS) is 19.0. The molecule has 0 bridgehead atoms. The van der Waals surface area contributed by atoms with Crippen LogP contribution in [-0.4, -0.2) is 31.5 Å². The van der Waals surface area contributed by atoms with Crippen LogP contribution < -0.4 is 15.4 Å². The van der Waals surface area contributed by atoms with Crippen LogP contribution in [0.25, 0.3) is 0 Å². The zero-order valence-corrected chi connectivity index (χ0v) is 13.3. The summed E-state index contributed by atoms with van der Waals surface area (Å²) >= 11 is 0. The van der Waals surface area contributed by atoms with E-state index >= 15 is 0 Å². The first kappa shape index (κ1) is 17.2. The maximum atomic E-state index is 12.7. The minimum absolute atomic E-state index is 0.0537. The van der Waals surface area contributed by atoms with Crippen molar-refractivity contribution in [1.82, 2.24) is 10.6 Å². The van der Waals surface area contributed by atoms with E-state index in [4.69, 9.17) is 4.74 Å². The molecule has 126 valence electrons. The lowest BCUT2D eigenvalue weighted by molar-refractivity contribution is -0.123. The van der Waals surface area contributed by atoms with Crippen molar-refractivity contribution in [2.45, 2.75) is 26.2 Å². The molecule has 5 nitrogen and oxygen atoms in total. The molecule has 2 N–H and O–H groups in total. The third-order valence-corrected chi connectivity index (χ3v) is 3.82. The molecule has 6 heteroatoms. The van der Waals surface area contributed by atoms with Crippen molar-refractivity contribution in [2.75, 3.05) is 19.7 Å². The van der Waals surface area contributed by atoms with Gasteiger partial charge in [0.2, 0.25) is 11.8 Å². The number of benzene rings is 1. The molecule has 0 radical (unpaired) electrons. The Kier molecular flexibility index (Phi) is 6.38. The van der Waals surface area contributed by atoms with Gasteiger partial charge < -0.3 is 15.4 Å². The van der Waals surface area contributed by atoms with Gasteiger partial charge in [-0.25, -0.2) is 4.39 Å². The average Bonchev–Trinajstić information content (AvgIpc) is 3.26. The molecule has 1 saturated carbocycles. The molecule has 1 aromatic rings. The zero-order valence-electron chi connectivity index (χ0n) is 13.3. The number of hydrogen-bond acceptors (Lipinski definition) is 3. The summed E-state index contributed by atoms with van der Waals surface area (Å²) in [5, 5.41) is 5.55. The summed E-state index contributed by atoms with van der Waals surface area (Å²) in [6, 6.07) is 5.82. The van der Waals surface area contributed by atoms with Gasteiger partial charge in [-0.3, -0.25) is 9.59 Å². The Morgan fingerprint density at radius 2 is 1.91 bits per heavy atom. The number of carbonyl (C=O) groups is 2. The number of rotatable bonds is 9. The van der Waals surface area contributed by atoms with Gasteiger partial charge in [0.25, 0.3) is 0 Å². The minimum Gasteiger partial charge on any atom is -0.494 e. The van der Waals surface area contributed by atoms with Crippen molar-refractivity contribution < 1.29 is 18.7 Å². The maximum absolute atomic E-state index is 12.7. The fourth-order valence-corrected chi connectivity index (χ4v) is 2.23. The zero-order chi connectivity index (χ0) is 16.7. The summed E-state index contributed by atoms with van der Waals surface area (Å²) in [5.41, 5.74) is 0. The van der Waals surface area contributed by atoms with Crippen molar-refractivity contribution >= 4 is 11.8 Å². The van der Waals surface area contributed by atoms with E-state index in [9.17, 15) is 14.0 Å². The Labute approximate surface area is 135 Å². The summed E-state index contributed by atoms with van der Waals surface area (Å²) in [6.07, 6.45) is 1.90. The summed E-state index contributed by atoms with van der Waals surface area (Å²) in [7, 11) is 0. The molecule has 0 unspecified atom stereocenters. The van der Waals surface area contributed by atoms with Crippen LogP contribution in [0.3, 0.4) is 0 Å². The molecule has 0 heterocycles. The monoisotopic (exact) mass is 322 g/mol. The highest BCUT2D eigenvalue weighted by atomic mass is 19.1. The number of amides is 2. The topological polar surface area (TPSA) is 67.4 Å². The number of ether oxygens (including phenoxy) is 1. The fraction of sp³-hybridized carbons (Fsp3) is 0.529. The second-order valence-electron chi connectivity index (χ2n) is 5.87. The molecule has 1 aliphatic carbocycles. The first-order valence-electron chi connectivity index (χ1n) is 7.99. The second kappa shape index (κ2) is 8.50. The predicted octanol–water partition coefficient (Wildman–Crippen LogP) is 1.87. The van der Waals surface area contributed by atoms with E-state index in [0.717, 1.165) is 6.42 Å². The quantitative estimate of drug-likeness (QED) is 0.682. The molecule has 2 rings (SSSR count). The lowest BCUT2D eigenvalue weighted by Crippen LogP contribution is -2.32. The maximum Gasteiger partial charge on any atom is 0.223 e. The molecule has 1 aromatic carbocycles. The van der Waals surface area contributed by atoms with Crippen LogP contribution >= 0.6 is 0 Å². The molecule has 0 aliphatic heterocycles. The Bertz CT molecular complexity index is 533. The van der Waals surface area contributed by atoms with Crippen molar-refractivity contribution in [1.29, 1.82) is 0 Å². The van der Waals surface area contributed by atoms with Gasteiger partial charge in [-0.15, -0.1) is 0 Å². The van der Waals surface area contributed by atoms with Crippen LogP contribution in [0.2, 0.25) is 0 Å². The van der Waals surface area contributed by atoms with E-state index in [1.165, 1.54) is 12.1 Å². The van der Waals surface area contributed by atoms with Crippen LogP contribution in [0.15, 0.2) is 24.3 Å². The van der Waals surface area contributed by atoms with Crippen molar-refractivity contribution in [3.63, 3.8) is 0 Å². The third kappa shape index (κ3) is 6.26. The van der Waals surface area contributed by atoms with Gasteiger partial charge in [-0.2, -0.15) is 0 Å². The Balaban J connectivity index is 1.46. The molecule has 1 fully saturated rings. The summed E-state index contributed by atoms with van der Waals surface area (Å²) in [4.78, 5) is 23.2. The highest BCUT2D eigenvalue weighted by Crippen LogP contribution is 2.37. The van der Waals surface area contributed by atoms with E-state index in [-0.39, 0.29) is 30.0 Å². The SMILES string of the molecule is C[C@H]1C[C@H]1C(=O)NCCC(=O)NCCCOc1ccc(F)cc1. The second-order valence-corrected chi connectivity index (χ2v) is 5.87. The Morgan fingerprint density at radius 3 is 2.57 bits per heavy atom. The summed E-state index contributed by atoms with van der Waals surface area (Å²) in [6.45, 7) is 3.38. The molecule has 2 atom stereocenters. The lowest BCUT2D eigenvalue weighted by atomic mass is 10.3. The Morgan fingerprint density at radius 1 is 1.22 bits per heavy atom. The smallest absolute Gasteiger partial charge is 0.223 e. The van der Waals surface area contributed by atoms with Gasteiger partial charge in [-0.1, -0.05) is 6.92 Å². The fourth-order valence-electron chi connectivity index (χ4n) is 2.23. The first-order chi connectivity index (χ1) is 11.1. The van der Waals surface area contributed by atoms with E-state index in [0.29, 0.717) is 37.8 Å². The largest absolute Gasteiger partial charge is 0.494 e. The van der Waals surface area contributed by atoms with Crippen molar-refractivity contribution in [3.8, 4) is 5.75 Å². The first-order valence-corrected chi connectivity index (χ1v) is 7.99. The van der Waals surface area contributed by atoms with Gasteiger partial charge in [0, 0.05) is 25.4 Å². The van der Waals surface area contributed by atoms with Gasteiger partial charge in [-0.05, 0) is 43.0 Å². The van der Waals surface area contributed by atoms with Crippen LogP contribution in [0, 0.1) is 17.7 Å². The number of halogens is 1. The van der Waals surface area contributed by atoms with E-state index < -0.39 is 0 Å². The molecular formula is C17H23FN2O3. The highest BCUT2D eigenvalue weighted by Gasteiger charge is 2.38. The summed E-state index contributed by atoms with van der Waals surface area (Å²) in [5.74, 6) is 0.892. The van der Waals surface area contributed by atoms with Crippen molar-refractivity contribution in [3.05, 3.63) is 30.1 Å². The highest BCUT2D eigenvalue weighted by molar-refractivity contribution is 5.82. The van der Waals surface area contributed by atoms with E-state index in [2.05, 4.69) is 10.6 Å². The average molecular weight is 322 g/mol. The molecule has 1 aliphatic rings. The van der Waals surface area contributed by atoms with Gasteiger partial charge in [0.1, 0.15) is 11.6 Å². The third-order valence-electron chi connectivity index (χ3n) is 3.82. The van der Waals surface area contributed by atoms with Crippen LogP contribution in [-0.2, 0) is 9.59 Å². The van der Waals surface area contributed by atoms with Gasteiger partial charge >= 0.3 is 0 Å². The van der Waals surface area contributed by atoms with Crippen LogP contribution in [0.4, 0.5) is 4.39 Å². The molecule has 0 spiro atoms. The van der Waals surface area contributed by atoms with Crippen molar-refractivity contribution in [2.24, 2.45) is 11.8 Å². The molecule has 23 heavy (non-hydrogen) atoms.